The van der Waals surface area contributed by atoms with E-state index in [0.717, 1.165) is 6.08 Å². The third kappa shape index (κ3) is 4.71. The lowest BCUT2D eigenvalue weighted by atomic mass is 10.1. The number of nitriles is 1. The number of fused-ring (bicyclic) bond motifs is 1. The van der Waals surface area contributed by atoms with Crippen molar-refractivity contribution in [2.75, 3.05) is 12.1 Å². The summed E-state index contributed by atoms with van der Waals surface area (Å²) in [5.41, 5.74) is 0.595. The topological polar surface area (TPSA) is 141 Å². The first kappa shape index (κ1) is 20.3. The molecule has 1 aliphatic heterocycles. The molecule has 0 radical (unpaired) electrons. The Morgan fingerprint density at radius 3 is 2.73 bits per heavy atom. The molecule has 0 aromatic heterocycles. The van der Waals surface area contributed by atoms with Gasteiger partial charge >= 0.3 is 5.97 Å². The van der Waals surface area contributed by atoms with E-state index in [1.165, 1.54) is 31.2 Å². The number of benzene rings is 2. The van der Waals surface area contributed by atoms with Crippen LogP contribution in [0, 0.1) is 21.4 Å². The van der Waals surface area contributed by atoms with E-state index >= 15 is 0 Å². The van der Waals surface area contributed by atoms with Gasteiger partial charge in [0.1, 0.15) is 0 Å². The number of anilines is 1. The van der Waals surface area contributed by atoms with E-state index in [9.17, 15) is 19.7 Å². The molecule has 0 saturated carbocycles. The number of carbonyl (C=O) groups excluding carboxylic acids is 2. The molecule has 2 aromatic carbocycles. The number of nitrogens with zero attached hydrogens (tertiary/aromatic N) is 2. The van der Waals surface area contributed by atoms with E-state index in [2.05, 4.69) is 5.32 Å². The monoisotopic (exact) mass is 409 g/mol. The van der Waals surface area contributed by atoms with Gasteiger partial charge in [0.05, 0.1) is 28.2 Å². The third-order valence-electron chi connectivity index (χ3n) is 4.04. The van der Waals surface area contributed by atoms with Crippen LogP contribution in [-0.2, 0) is 14.3 Å². The molecule has 0 saturated heterocycles. The van der Waals surface area contributed by atoms with Crippen LogP contribution in [0.2, 0.25) is 0 Å². The molecule has 0 aliphatic carbocycles. The fourth-order valence-corrected chi connectivity index (χ4v) is 2.57. The van der Waals surface area contributed by atoms with Gasteiger partial charge in [0.2, 0.25) is 6.79 Å². The van der Waals surface area contributed by atoms with Gasteiger partial charge in [-0.25, -0.2) is 4.79 Å². The van der Waals surface area contributed by atoms with E-state index in [1.54, 1.807) is 18.2 Å². The molecular formula is C20H15N3O7. The van der Waals surface area contributed by atoms with Crippen molar-refractivity contribution < 1.29 is 28.7 Å². The number of ether oxygens (including phenoxy) is 3. The first-order valence-corrected chi connectivity index (χ1v) is 8.65. The molecule has 1 heterocycles. The number of carbonyl (C=O) groups is 2. The molecule has 152 valence electrons. The van der Waals surface area contributed by atoms with Crippen LogP contribution >= 0.6 is 0 Å². The Morgan fingerprint density at radius 2 is 2.03 bits per heavy atom. The molecule has 2 aromatic rings. The summed E-state index contributed by atoms with van der Waals surface area (Å²) in [7, 11) is 0. The molecule has 0 unspecified atom stereocenters. The summed E-state index contributed by atoms with van der Waals surface area (Å²) < 4.78 is 15.3. The quantitative estimate of drug-likeness (QED) is 0.332. The van der Waals surface area contributed by atoms with Gasteiger partial charge < -0.3 is 19.5 Å². The Balaban J connectivity index is 1.65. The molecule has 1 N–H and O–H groups in total. The summed E-state index contributed by atoms with van der Waals surface area (Å²) in [6, 6.07) is 10.8. The molecular weight excluding hydrogens is 394 g/mol. The number of amides is 1. The second-order valence-electron chi connectivity index (χ2n) is 6.12. The standard InChI is InChI=1S/C20H15N3O7/c1-12(20(25)22-15-4-2-3-13(7-15)10-21)30-19(24)6-5-14-8-17-18(29-11-28-17)9-16(14)23(26)27/h2-9,12H,11H2,1H3,(H,22,25)/b6-5+/t12-/m1/s1. The fraction of sp³-hybridized carbons (Fsp3) is 0.150. The van der Waals surface area contributed by atoms with Crippen molar-refractivity contribution in [3.8, 4) is 17.6 Å². The fourth-order valence-electron chi connectivity index (χ4n) is 2.57. The van der Waals surface area contributed by atoms with Crippen LogP contribution < -0.4 is 14.8 Å². The maximum absolute atomic E-state index is 12.2. The van der Waals surface area contributed by atoms with Crippen molar-refractivity contribution in [2.45, 2.75) is 13.0 Å². The number of nitro benzene ring substituents is 1. The number of rotatable bonds is 6. The van der Waals surface area contributed by atoms with Crippen molar-refractivity contribution in [1.29, 1.82) is 5.26 Å². The smallest absolute Gasteiger partial charge is 0.331 e. The summed E-state index contributed by atoms with van der Waals surface area (Å²) in [4.78, 5) is 34.8. The Kier molecular flexibility index (Phi) is 5.93. The van der Waals surface area contributed by atoms with Gasteiger partial charge in [0, 0.05) is 11.8 Å². The van der Waals surface area contributed by atoms with Gasteiger partial charge in [-0.2, -0.15) is 5.26 Å². The van der Waals surface area contributed by atoms with E-state index in [4.69, 9.17) is 19.5 Å². The van der Waals surface area contributed by atoms with Gasteiger partial charge in [0.15, 0.2) is 17.6 Å². The van der Waals surface area contributed by atoms with Crippen LogP contribution in [0.4, 0.5) is 11.4 Å². The zero-order valence-electron chi connectivity index (χ0n) is 15.7. The van der Waals surface area contributed by atoms with E-state index in [0.29, 0.717) is 17.0 Å². The summed E-state index contributed by atoms with van der Waals surface area (Å²) in [6.45, 7) is 1.32. The molecule has 1 atom stereocenters. The van der Waals surface area contributed by atoms with Crippen LogP contribution in [-0.4, -0.2) is 29.7 Å². The lowest BCUT2D eigenvalue weighted by molar-refractivity contribution is -0.385. The van der Waals surface area contributed by atoms with Crippen LogP contribution in [0.1, 0.15) is 18.1 Å². The van der Waals surface area contributed by atoms with Crippen molar-refractivity contribution in [3.63, 3.8) is 0 Å². The Hall–Kier alpha value is -4.39. The molecule has 10 nitrogen and oxygen atoms in total. The summed E-state index contributed by atoms with van der Waals surface area (Å²) >= 11 is 0. The number of nitro groups is 1. The first-order chi connectivity index (χ1) is 14.4. The zero-order chi connectivity index (χ0) is 21.7. The minimum atomic E-state index is -1.14. The van der Waals surface area contributed by atoms with Crippen molar-refractivity contribution in [2.24, 2.45) is 0 Å². The van der Waals surface area contributed by atoms with Gasteiger partial charge in [-0.3, -0.25) is 14.9 Å². The average Bonchev–Trinajstić information content (AvgIpc) is 3.19. The van der Waals surface area contributed by atoms with Gasteiger partial charge in [-0.05, 0) is 37.3 Å². The van der Waals surface area contributed by atoms with Crippen LogP contribution in [0.3, 0.4) is 0 Å². The minimum absolute atomic E-state index is 0.0500. The Labute approximate surface area is 170 Å². The van der Waals surface area contributed by atoms with Crippen LogP contribution in [0.5, 0.6) is 11.5 Å². The first-order valence-electron chi connectivity index (χ1n) is 8.65. The Bertz CT molecular complexity index is 1090. The molecule has 0 bridgehead atoms. The molecule has 0 spiro atoms. The zero-order valence-corrected chi connectivity index (χ0v) is 15.7. The van der Waals surface area contributed by atoms with E-state index in [-0.39, 0.29) is 23.8 Å². The molecule has 1 aliphatic rings. The molecule has 3 rings (SSSR count). The second-order valence-corrected chi connectivity index (χ2v) is 6.12. The second kappa shape index (κ2) is 8.74. The highest BCUT2D eigenvalue weighted by Crippen LogP contribution is 2.38. The number of esters is 1. The maximum atomic E-state index is 12.2. The predicted molar refractivity (Wildman–Crippen MR) is 104 cm³/mol. The summed E-state index contributed by atoms with van der Waals surface area (Å²) in [5, 5.41) is 22.7. The van der Waals surface area contributed by atoms with Gasteiger partial charge in [0.25, 0.3) is 11.6 Å². The SMILES string of the molecule is C[C@@H](OC(=O)/C=C/c1cc2c(cc1[N+](=O)[O-])OCO2)C(=O)Nc1cccc(C#N)c1. The highest BCUT2D eigenvalue weighted by molar-refractivity contribution is 5.96. The van der Waals surface area contributed by atoms with Gasteiger partial charge in [-0.15, -0.1) is 0 Å². The normalized spacial score (nSPS) is 12.8. The average molecular weight is 409 g/mol. The minimum Gasteiger partial charge on any atom is -0.454 e. The predicted octanol–water partition coefficient (Wildman–Crippen LogP) is 2.78. The van der Waals surface area contributed by atoms with E-state index in [1.807, 2.05) is 6.07 Å². The lowest BCUT2D eigenvalue weighted by Crippen LogP contribution is -2.29. The number of hydrogen-bond donors (Lipinski definition) is 1. The Morgan fingerprint density at radius 1 is 1.30 bits per heavy atom. The van der Waals surface area contributed by atoms with Crippen molar-refractivity contribution >= 4 is 29.3 Å². The van der Waals surface area contributed by atoms with Crippen LogP contribution in [0.15, 0.2) is 42.5 Å². The highest BCUT2D eigenvalue weighted by atomic mass is 16.7. The largest absolute Gasteiger partial charge is 0.454 e. The molecule has 0 fully saturated rings. The summed E-state index contributed by atoms with van der Waals surface area (Å²) in [6.07, 6.45) is 1.04. The summed E-state index contributed by atoms with van der Waals surface area (Å²) in [5.74, 6) is -0.899. The van der Waals surface area contributed by atoms with Crippen molar-refractivity contribution in [3.05, 3.63) is 63.7 Å². The van der Waals surface area contributed by atoms with Crippen LogP contribution in [0.25, 0.3) is 6.08 Å². The van der Waals surface area contributed by atoms with E-state index < -0.39 is 22.9 Å². The third-order valence-corrected chi connectivity index (χ3v) is 4.04. The molecule has 10 heteroatoms. The maximum Gasteiger partial charge on any atom is 0.331 e. The number of hydrogen-bond acceptors (Lipinski definition) is 8. The highest BCUT2D eigenvalue weighted by Gasteiger charge is 2.22. The number of nitrogens with one attached hydrogen (secondary N) is 1. The molecule has 1 amide bonds. The van der Waals surface area contributed by atoms with Gasteiger partial charge in [-0.1, -0.05) is 6.07 Å². The molecule has 30 heavy (non-hydrogen) atoms. The van der Waals surface area contributed by atoms with Crippen molar-refractivity contribution in [1.82, 2.24) is 0 Å². The lowest BCUT2D eigenvalue weighted by Gasteiger charge is -2.12.